The van der Waals surface area contributed by atoms with Gasteiger partial charge in [0.05, 0.1) is 0 Å². The first-order valence-electron chi connectivity index (χ1n) is 3.57. The summed E-state index contributed by atoms with van der Waals surface area (Å²) in [6, 6.07) is 1.12. The Morgan fingerprint density at radius 2 is 2.36 bits per heavy atom. The van der Waals surface area contributed by atoms with Crippen LogP contribution in [-0.4, -0.2) is 31.1 Å². The SMILES string of the molecule is NC(=O)c1c(O)cc2nn[nH]n2c1=O. The fraction of sp³-hybridized carbons (Fsp3) is 0. The summed E-state index contributed by atoms with van der Waals surface area (Å²) in [7, 11) is 0. The van der Waals surface area contributed by atoms with Crippen LogP contribution < -0.4 is 11.3 Å². The molecule has 0 aliphatic carbocycles. The molecule has 0 aliphatic rings. The zero-order valence-electron chi connectivity index (χ0n) is 6.76. The molecule has 2 rings (SSSR count). The number of aromatic hydroxyl groups is 1. The average molecular weight is 195 g/mol. The Hall–Kier alpha value is -2.38. The highest BCUT2D eigenvalue weighted by molar-refractivity contribution is 5.95. The Morgan fingerprint density at radius 3 is 3.00 bits per heavy atom. The second-order valence-corrected chi connectivity index (χ2v) is 2.57. The van der Waals surface area contributed by atoms with Gasteiger partial charge in [-0.25, -0.2) is 0 Å². The number of aromatic amines is 1. The second-order valence-electron chi connectivity index (χ2n) is 2.57. The Morgan fingerprint density at radius 1 is 1.64 bits per heavy atom. The van der Waals surface area contributed by atoms with Crippen LogP contribution in [0, 0.1) is 0 Å². The van der Waals surface area contributed by atoms with E-state index in [1.54, 1.807) is 0 Å². The molecule has 8 nitrogen and oxygen atoms in total. The summed E-state index contributed by atoms with van der Waals surface area (Å²) in [4.78, 5) is 22.2. The summed E-state index contributed by atoms with van der Waals surface area (Å²) >= 11 is 0. The third-order valence-corrected chi connectivity index (χ3v) is 1.71. The van der Waals surface area contributed by atoms with Crippen LogP contribution in [0.25, 0.3) is 5.65 Å². The molecule has 1 amide bonds. The number of nitrogens with two attached hydrogens (primary N) is 1. The van der Waals surface area contributed by atoms with Crippen molar-refractivity contribution in [3.63, 3.8) is 0 Å². The lowest BCUT2D eigenvalue weighted by Gasteiger charge is -1.98. The van der Waals surface area contributed by atoms with E-state index in [2.05, 4.69) is 15.5 Å². The minimum atomic E-state index is -1.00. The maximum atomic E-state index is 11.4. The molecule has 0 atom stereocenters. The minimum absolute atomic E-state index is 0.109. The molecule has 0 fully saturated rings. The van der Waals surface area contributed by atoms with Gasteiger partial charge in [-0.15, -0.1) is 5.10 Å². The van der Waals surface area contributed by atoms with Crippen LogP contribution in [0.4, 0.5) is 0 Å². The van der Waals surface area contributed by atoms with Crippen molar-refractivity contribution in [1.82, 2.24) is 20.0 Å². The molecule has 2 aromatic rings. The summed E-state index contributed by atoms with van der Waals surface area (Å²) in [6.07, 6.45) is 0. The molecule has 0 radical (unpaired) electrons. The van der Waals surface area contributed by atoms with Crippen molar-refractivity contribution in [3.8, 4) is 5.75 Å². The second kappa shape index (κ2) is 2.55. The van der Waals surface area contributed by atoms with Crippen LogP contribution in [0.2, 0.25) is 0 Å². The summed E-state index contributed by atoms with van der Waals surface area (Å²) in [6.45, 7) is 0. The molecule has 8 heteroatoms. The van der Waals surface area contributed by atoms with Gasteiger partial charge in [0.25, 0.3) is 11.5 Å². The zero-order chi connectivity index (χ0) is 10.3. The number of primary amides is 1. The number of fused-ring (bicyclic) bond motifs is 1. The third kappa shape index (κ3) is 0.937. The molecular formula is C6H5N5O3. The number of amides is 1. The quantitative estimate of drug-likeness (QED) is 0.495. The molecule has 2 heterocycles. The lowest BCUT2D eigenvalue weighted by molar-refractivity contribution is 0.0996. The van der Waals surface area contributed by atoms with Crippen LogP contribution >= 0.6 is 0 Å². The van der Waals surface area contributed by atoms with E-state index in [9.17, 15) is 14.7 Å². The number of rotatable bonds is 1. The van der Waals surface area contributed by atoms with Crippen molar-refractivity contribution in [2.24, 2.45) is 5.73 Å². The highest BCUT2D eigenvalue weighted by Crippen LogP contribution is 2.12. The topological polar surface area (TPSA) is 126 Å². The zero-order valence-corrected chi connectivity index (χ0v) is 6.76. The van der Waals surface area contributed by atoms with Crippen molar-refractivity contribution in [2.45, 2.75) is 0 Å². The minimum Gasteiger partial charge on any atom is -0.507 e. The molecule has 0 saturated carbocycles. The van der Waals surface area contributed by atoms with Gasteiger partial charge in [0.15, 0.2) is 5.65 Å². The fourth-order valence-electron chi connectivity index (χ4n) is 1.10. The molecule has 0 unspecified atom stereocenters. The first-order chi connectivity index (χ1) is 6.61. The monoisotopic (exact) mass is 195 g/mol. The van der Waals surface area contributed by atoms with Gasteiger partial charge in [-0.3, -0.25) is 9.59 Å². The number of H-pyrrole nitrogens is 1. The lowest BCUT2D eigenvalue weighted by atomic mass is 10.2. The Labute approximate surface area is 75.9 Å². The van der Waals surface area contributed by atoms with E-state index in [1.807, 2.05) is 0 Å². The molecule has 4 N–H and O–H groups in total. The first-order valence-corrected chi connectivity index (χ1v) is 3.57. The number of aromatic nitrogens is 4. The van der Waals surface area contributed by atoms with Gasteiger partial charge in [-0.2, -0.15) is 9.73 Å². The van der Waals surface area contributed by atoms with Crippen molar-refractivity contribution in [2.75, 3.05) is 0 Å². The van der Waals surface area contributed by atoms with E-state index >= 15 is 0 Å². The summed E-state index contributed by atoms with van der Waals surface area (Å²) in [5.74, 6) is -1.51. The number of carbonyl (C=O) groups is 1. The fourth-order valence-corrected chi connectivity index (χ4v) is 1.10. The van der Waals surface area contributed by atoms with E-state index in [4.69, 9.17) is 5.73 Å². The molecule has 72 valence electrons. The number of hydrogen-bond acceptors (Lipinski definition) is 5. The van der Waals surface area contributed by atoms with Gasteiger partial charge in [0.1, 0.15) is 11.3 Å². The largest absolute Gasteiger partial charge is 0.507 e. The van der Waals surface area contributed by atoms with E-state index in [1.165, 1.54) is 0 Å². The number of tetrazole rings is 1. The van der Waals surface area contributed by atoms with E-state index in [0.29, 0.717) is 0 Å². The maximum Gasteiger partial charge on any atom is 0.289 e. The molecule has 0 saturated heterocycles. The molecule has 0 aromatic carbocycles. The van der Waals surface area contributed by atoms with Gasteiger partial charge in [-0.05, 0) is 0 Å². The smallest absolute Gasteiger partial charge is 0.289 e. The average Bonchev–Trinajstić information content (AvgIpc) is 2.50. The van der Waals surface area contributed by atoms with Gasteiger partial charge in [0.2, 0.25) is 0 Å². The summed E-state index contributed by atoms with van der Waals surface area (Å²) in [5.41, 5.74) is 3.74. The summed E-state index contributed by atoms with van der Waals surface area (Å²) in [5, 5.41) is 18.3. The van der Waals surface area contributed by atoms with Gasteiger partial charge in [-0.1, -0.05) is 5.21 Å². The summed E-state index contributed by atoms with van der Waals surface area (Å²) < 4.78 is 0.903. The number of nitrogens with one attached hydrogen (secondary N) is 1. The molecule has 14 heavy (non-hydrogen) atoms. The molecule has 2 aromatic heterocycles. The van der Waals surface area contributed by atoms with Crippen LogP contribution in [0.15, 0.2) is 10.9 Å². The van der Waals surface area contributed by atoms with Crippen molar-refractivity contribution >= 4 is 11.6 Å². The molecule has 0 spiro atoms. The van der Waals surface area contributed by atoms with E-state index in [-0.39, 0.29) is 5.65 Å². The van der Waals surface area contributed by atoms with Gasteiger partial charge < -0.3 is 10.8 Å². The standard InChI is InChI=1S/C6H5N5O3/c7-5(13)4-2(12)1-3-8-9-10-11(3)6(4)14/h1,12H,(H2,7,13)(H,8,10). The van der Waals surface area contributed by atoms with E-state index < -0.39 is 22.8 Å². The lowest BCUT2D eigenvalue weighted by Crippen LogP contribution is -2.26. The Balaban J connectivity index is 2.97. The first kappa shape index (κ1) is 8.23. The highest BCUT2D eigenvalue weighted by atomic mass is 16.3. The third-order valence-electron chi connectivity index (χ3n) is 1.71. The number of nitrogens with zero attached hydrogens (tertiary/aromatic N) is 3. The Kier molecular flexibility index (Phi) is 1.50. The molecule has 0 aliphatic heterocycles. The van der Waals surface area contributed by atoms with E-state index in [0.717, 1.165) is 10.6 Å². The van der Waals surface area contributed by atoms with Crippen LogP contribution in [-0.2, 0) is 0 Å². The van der Waals surface area contributed by atoms with Crippen LogP contribution in [0.1, 0.15) is 10.4 Å². The maximum absolute atomic E-state index is 11.4. The van der Waals surface area contributed by atoms with Crippen LogP contribution in [0.5, 0.6) is 5.75 Å². The van der Waals surface area contributed by atoms with Crippen LogP contribution in [0.3, 0.4) is 0 Å². The number of hydrogen-bond donors (Lipinski definition) is 3. The van der Waals surface area contributed by atoms with Crippen molar-refractivity contribution < 1.29 is 9.90 Å². The Bertz CT molecular complexity index is 568. The highest BCUT2D eigenvalue weighted by Gasteiger charge is 2.16. The molecule has 0 bridgehead atoms. The van der Waals surface area contributed by atoms with Crippen molar-refractivity contribution in [1.29, 1.82) is 0 Å². The number of pyridine rings is 1. The van der Waals surface area contributed by atoms with Gasteiger partial charge in [0, 0.05) is 6.07 Å². The normalized spacial score (nSPS) is 10.6. The predicted octanol–water partition coefficient (Wildman–Crippen LogP) is -1.78. The van der Waals surface area contributed by atoms with Gasteiger partial charge >= 0.3 is 0 Å². The van der Waals surface area contributed by atoms with Crippen molar-refractivity contribution in [3.05, 3.63) is 22.0 Å². The molecular weight excluding hydrogens is 190 g/mol. The number of carbonyl (C=O) groups excluding carboxylic acids is 1. The predicted molar refractivity (Wildman–Crippen MR) is 43.8 cm³/mol.